The number of rotatable bonds is 5. The number of carbonyl (C=O) groups excluding carboxylic acids is 1. The van der Waals surface area contributed by atoms with Crippen LogP contribution in [0.5, 0.6) is 0 Å². The largest absolute Gasteiger partial charge is 0.350 e. The molecule has 1 amide bonds. The third-order valence-electron chi connectivity index (χ3n) is 5.40. The maximum Gasteiger partial charge on any atom is 0.243 e. The number of aromatic nitrogens is 1. The lowest BCUT2D eigenvalue weighted by molar-refractivity contribution is -0.115. The van der Waals surface area contributed by atoms with Crippen molar-refractivity contribution in [2.24, 2.45) is 7.05 Å². The lowest BCUT2D eigenvalue weighted by Gasteiger charge is -2.26. The summed E-state index contributed by atoms with van der Waals surface area (Å²) in [4.78, 5) is 12.8. The highest BCUT2D eigenvalue weighted by molar-refractivity contribution is 7.89. The van der Waals surface area contributed by atoms with Gasteiger partial charge in [-0.25, -0.2) is 8.42 Å². The first-order valence-corrected chi connectivity index (χ1v) is 11.3. The van der Waals surface area contributed by atoms with Crippen molar-refractivity contribution in [2.45, 2.75) is 30.6 Å². The first-order valence-electron chi connectivity index (χ1n) is 9.88. The summed E-state index contributed by atoms with van der Waals surface area (Å²) < 4.78 is 29.3. The van der Waals surface area contributed by atoms with Crippen LogP contribution in [0, 0.1) is 0 Å². The highest BCUT2D eigenvalue weighted by Crippen LogP contribution is 2.24. The molecule has 29 heavy (non-hydrogen) atoms. The molecule has 0 aliphatic carbocycles. The number of nitrogens with zero attached hydrogens (tertiary/aromatic N) is 2. The topological polar surface area (TPSA) is 71.4 Å². The van der Waals surface area contributed by atoms with Crippen molar-refractivity contribution < 1.29 is 13.2 Å². The molecule has 152 valence electrons. The number of benzene rings is 2. The van der Waals surface area contributed by atoms with Gasteiger partial charge in [0.15, 0.2) is 0 Å². The molecule has 1 aliphatic rings. The fourth-order valence-electron chi connectivity index (χ4n) is 3.93. The Morgan fingerprint density at radius 2 is 1.79 bits per heavy atom. The third kappa shape index (κ3) is 4.06. The fraction of sp³-hybridized carbons (Fsp3) is 0.318. The van der Waals surface area contributed by atoms with Crippen molar-refractivity contribution in [1.29, 1.82) is 0 Å². The van der Waals surface area contributed by atoms with E-state index >= 15 is 0 Å². The second kappa shape index (κ2) is 8.00. The zero-order valence-electron chi connectivity index (χ0n) is 16.5. The Balaban J connectivity index is 1.51. The second-order valence-corrected chi connectivity index (χ2v) is 9.44. The molecule has 0 radical (unpaired) electrons. The molecule has 1 saturated heterocycles. The molecule has 7 heteroatoms. The van der Waals surface area contributed by atoms with Crippen molar-refractivity contribution >= 4 is 32.5 Å². The number of para-hydroxylation sites is 1. The zero-order chi connectivity index (χ0) is 20.4. The Morgan fingerprint density at radius 1 is 1.03 bits per heavy atom. The number of carbonyl (C=O) groups is 1. The van der Waals surface area contributed by atoms with Crippen LogP contribution in [0.3, 0.4) is 0 Å². The Morgan fingerprint density at radius 3 is 2.59 bits per heavy atom. The standard InChI is InChI=1S/C22H25N3O3S/c1-24-16-17(20-10-3-4-11-21(20)24)14-22(26)23-18-8-7-9-19(15-18)29(27,28)25-12-5-2-6-13-25/h3-4,7-11,15-16H,2,5-6,12-14H2,1H3,(H,23,26). The van der Waals surface area contributed by atoms with Crippen LogP contribution in [0.4, 0.5) is 5.69 Å². The van der Waals surface area contributed by atoms with E-state index < -0.39 is 10.0 Å². The average molecular weight is 412 g/mol. The summed E-state index contributed by atoms with van der Waals surface area (Å²) >= 11 is 0. The molecular weight excluding hydrogens is 386 g/mol. The van der Waals surface area contributed by atoms with Gasteiger partial charge in [-0.05, 0) is 42.7 Å². The van der Waals surface area contributed by atoms with Crippen LogP contribution >= 0.6 is 0 Å². The number of aryl methyl sites for hydroxylation is 1. The van der Waals surface area contributed by atoms with E-state index in [1.807, 2.05) is 42.1 Å². The van der Waals surface area contributed by atoms with Gasteiger partial charge >= 0.3 is 0 Å². The molecule has 4 rings (SSSR count). The van der Waals surface area contributed by atoms with Gasteiger partial charge in [0.25, 0.3) is 0 Å². The fourth-order valence-corrected chi connectivity index (χ4v) is 5.50. The van der Waals surface area contributed by atoms with E-state index in [9.17, 15) is 13.2 Å². The maximum atomic E-state index is 12.9. The van der Waals surface area contributed by atoms with E-state index in [4.69, 9.17) is 0 Å². The molecule has 0 saturated carbocycles. The Labute approximate surface area is 171 Å². The molecule has 2 aromatic carbocycles. The molecule has 1 N–H and O–H groups in total. The number of hydrogen-bond donors (Lipinski definition) is 1. The van der Waals surface area contributed by atoms with Crippen LogP contribution in [0.2, 0.25) is 0 Å². The molecule has 1 aliphatic heterocycles. The molecule has 6 nitrogen and oxygen atoms in total. The van der Waals surface area contributed by atoms with Gasteiger partial charge in [-0.1, -0.05) is 30.7 Å². The minimum absolute atomic E-state index is 0.172. The zero-order valence-corrected chi connectivity index (χ0v) is 17.3. The van der Waals surface area contributed by atoms with E-state index in [0.29, 0.717) is 18.8 Å². The second-order valence-electron chi connectivity index (χ2n) is 7.50. The van der Waals surface area contributed by atoms with Gasteiger partial charge in [0.05, 0.1) is 11.3 Å². The van der Waals surface area contributed by atoms with Crippen molar-refractivity contribution in [2.75, 3.05) is 18.4 Å². The molecule has 0 atom stereocenters. The molecule has 0 spiro atoms. The van der Waals surface area contributed by atoms with Crippen molar-refractivity contribution in [1.82, 2.24) is 8.87 Å². The first-order chi connectivity index (χ1) is 13.9. The highest BCUT2D eigenvalue weighted by Gasteiger charge is 2.26. The molecule has 1 aromatic heterocycles. The number of anilines is 1. The number of piperidine rings is 1. The summed E-state index contributed by atoms with van der Waals surface area (Å²) in [6.45, 7) is 1.11. The van der Waals surface area contributed by atoms with Crippen molar-refractivity contribution in [3.63, 3.8) is 0 Å². The maximum absolute atomic E-state index is 12.9. The number of sulfonamides is 1. The number of amides is 1. The van der Waals surface area contributed by atoms with Crippen LogP contribution in [0.1, 0.15) is 24.8 Å². The quantitative estimate of drug-likeness (QED) is 0.698. The van der Waals surface area contributed by atoms with Crippen LogP contribution in [0.15, 0.2) is 59.6 Å². The van der Waals surface area contributed by atoms with Gasteiger partial charge in [-0.3, -0.25) is 4.79 Å². The summed E-state index contributed by atoms with van der Waals surface area (Å²) in [6.07, 6.45) is 5.03. The van der Waals surface area contributed by atoms with E-state index in [2.05, 4.69) is 5.32 Å². The summed E-state index contributed by atoms with van der Waals surface area (Å²) in [7, 11) is -1.57. The van der Waals surface area contributed by atoms with Crippen LogP contribution in [0.25, 0.3) is 10.9 Å². The Bertz CT molecular complexity index is 1150. The summed E-state index contributed by atoms with van der Waals surface area (Å²) in [5.74, 6) is -0.172. The Kier molecular flexibility index (Phi) is 5.43. The molecule has 2 heterocycles. The lowest BCUT2D eigenvalue weighted by atomic mass is 10.1. The van der Waals surface area contributed by atoms with Gasteiger partial charge < -0.3 is 9.88 Å². The van der Waals surface area contributed by atoms with Crippen molar-refractivity contribution in [3.05, 3.63) is 60.3 Å². The number of hydrogen-bond acceptors (Lipinski definition) is 3. The highest BCUT2D eigenvalue weighted by atomic mass is 32.2. The normalized spacial score (nSPS) is 15.5. The lowest BCUT2D eigenvalue weighted by Crippen LogP contribution is -2.35. The smallest absolute Gasteiger partial charge is 0.243 e. The summed E-state index contributed by atoms with van der Waals surface area (Å²) in [5.41, 5.74) is 2.51. The Hall–Kier alpha value is -2.64. The third-order valence-corrected chi connectivity index (χ3v) is 7.30. The van der Waals surface area contributed by atoms with E-state index in [0.717, 1.165) is 35.7 Å². The predicted molar refractivity (Wildman–Crippen MR) is 114 cm³/mol. The number of nitrogens with one attached hydrogen (secondary N) is 1. The minimum atomic E-state index is -3.53. The van der Waals surface area contributed by atoms with Crippen LogP contribution in [-0.2, 0) is 28.3 Å². The van der Waals surface area contributed by atoms with Crippen LogP contribution < -0.4 is 5.32 Å². The number of fused-ring (bicyclic) bond motifs is 1. The molecule has 0 unspecified atom stereocenters. The molecule has 0 bridgehead atoms. The van der Waals surface area contributed by atoms with Gasteiger partial charge in [0, 0.05) is 42.9 Å². The van der Waals surface area contributed by atoms with Gasteiger partial charge in [-0.2, -0.15) is 4.31 Å². The SMILES string of the molecule is Cn1cc(CC(=O)Nc2cccc(S(=O)(=O)N3CCCCC3)c2)c2ccccc21. The van der Waals surface area contributed by atoms with E-state index in [-0.39, 0.29) is 17.2 Å². The summed E-state index contributed by atoms with van der Waals surface area (Å²) in [6, 6.07) is 14.5. The molecular formula is C22H25N3O3S. The molecule has 1 fully saturated rings. The average Bonchev–Trinajstić information content (AvgIpc) is 3.04. The first kappa shape index (κ1) is 19.7. The minimum Gasteiger partial charge on any atom is -0.350 e. The monoisotopic (exact) mass is 411 g/mol. The van der Waals surface area contributed by atoms with Crippen LogP contribution in [-0.4, -0.2) is 36.3 Å². The predicted octanol–water partition coefficient (Wildman–Crippen LogP) is 3.53. The van der Waals surface area contributed by atoms with E-state index in [1.54, 1.807) is 24.3 Å². The molecule has 3 aromatic rings. The summed E-state index contributed by atoms with van der Waals surface area (Å²) in [5, 5.41) is 3.90. The van der Waals surface area contributed by atoms with Crippen molar-refractivity contribution in [3.8, 4) is 0 Å². The van der Waals surface area contributed by atoms with Gasteiger partial charge in [0.2, 0.25) is 15.9 Å². The van der Waals surface area contributed by atoms with Gasteiger partial charge in [0.1, 0.15) is 0 Å². The van der Waals surface area contributed by atoms with Gasteiger partial charge in [-0.15, -0.1) is 0 Å². The van der Waals surface area contributed by atoms with E-state index in [1.165, 1.54) is 4.31 Å².